The van der Waals surface area contributed by atoms with Gasteiger partial charge >= 0.3 is 5.97 Å². The smallest absolute Gasteiger partial charge is 0.306 e. The molecule has 0 N–H and O–H groups in total. The first kappa shape index (κ1) is 20.5. The van der Waals surface area contributed by atoms with Crippen LogP contribution in [-0.2, 0) is 9.53 Å². The van der Waals surface area contributed by atoms with Crippen molar-refractivity contribution < 1.29 is 9.53 Å². The molecule has 0 saturated carbocycles. The van der Waals surface area contributed by atoms with Gasteiger partial charge in [-0.25, -0.2) is 0 Å². The van der Waals surface area contributed by atoms with Gasteiger partial charge in [-0.15, -0.1) is 0 Å². The van der Waals surface area contributed by atoms with E-state index in [-0.39, 0.29) is 12.1 Å². The predicted molar refractivity (Wildman–Crippen MR) is 91.5 cm³/mol. The quantitative estimate of drug-likeness (QED) is 0.257. The maximum Gasteiger partial charge on any atom is 0.306 e. The summed E-state index contributed by atoms with van der Waals surface area (Å²) in [5, 5.41) is 0. The third-order valence-corrected chi connectivity index (χ3v) is 4.04. The summed E-state index contributed by atoms with van der Waals surface area (Å²) in [6.45, 7) is 6.62. The Labute approximate surface area is 133 Å². The summed E-state index contributed by atoms with van der Waals surface area (Å²) in [6, 6.07) is 0. The molecule has 0 fully saturated rings. The van der Waals surface area contributed by atoms with Crippen LogP contribution in [0.25, 0.3) is 0 Å². The van der Waals surface area contributed by atoms with Gasteiger partial charge in [0.2, 0.25) is 0 Å². The van der Waals surface area contributed by atoms with E-state index in [1.807, 2.05) is 0 Å². The molecule has 1 atom stereocenters. The van der Waals surface area contributed by atoms with E-state index in [1.54, 1.807) is 0 Å². The van der Waals surface area contributed by atoms with Crippen molar-refractivity contribution in [1.29, 1.82) is 0 Å². The van der Waals surface area contributed by atoms with Crippen LogP contribution in [0.15, 0.2) is 0 Å². The molecule has 0 aromatic carbocycles. The van der Waals surface area contributed by atoms with E-state index < -0.39 is 0 Å². The number of ether oxygens (including phenoxy) is 1. The largest absolute Gasteiger partial charge is 0.462 e. The van der Waals surface area contributed by atoms with Gasteiger partial charge in [0.25, 0.3) is 0 Å². The van der Waals surface area contributed by atoms with Gasteiger partial charge in [0.05, 0.1) is 0 Å². The van der Waals surface area contributed by atoms with Crippen LogP contribution in [0.1, 0.15) is 111 Å². The normalized spacial score (nSPS) is 12.3. The Kier molecular flexibility index (Phi) is 15.5. The number of esters is 1. The van der Waals surface area contributed by atoms with E-state index in [9.17, 15) is 4.79 Å². The van der Waals surface area contributed by atoms with Crippen LogP contribution in [0, 0.1) is 0 Å². The Morgan fingerprint density at radius 3 is 1.81 bits per heavy atom. The minimum absolute atomic E-state index is 0.0264. The Morgan fingerprint density at radius 2 is 1.19 bits per heavy atom. The fourth-order valence-electron chi connectivity index (χ4n) is 2.62. The highest BCUT2D eigenvalue weighted by Crippen LogP contribution is 2.16. The molecule has 21 heavy (non-hydrogen) atoms. The third-order valence-electron chi connectivity index (χ3n) is 4.04. The number of hydrogen-bond acceptors (Lipinski definition) is 2. The molecule has 0 radical (unpaired) electrons. The molecular formula is C19H38O2. The van der Waals surface area contributed by atoms with E-state index in [2.05, 4.69) is 20.8 Å². The molecule has 126 valence electrons. The Morgan fingerprint density at radius 1 is 0.714 bits per heavy atom. The van der Waals surface area contributed by atoms with Crippen LogP contribution < -0.4 is 0 Å². The van der Waals surface area contributed by atoms with Crippen molar-refractivity contribution in [2.45, 2.75) is 117 Å². The van der Waals surface area contributed by atoms with Crippen LogP contribution in [0.2, 0.25) is 0 Å². The van der Waals surface area contributed by atoms with Gasteiger partial charge in [0.1, 0.15) is 6.10 Å². The van der Waals surface area contributed by atoms with Gasteiger partial charge in [0.15, 0.2) is 0 Å². The molecule has 0 saturated heterocycles. The standard InChI is InChI=1S/C19H38O2/c1-4-7-10-11-14-16-18(15-12-8-5-2)21-19(20)17-13-9-6-3/h18H,4-17H2,1-3H3. The molecule has 0 amide bonds. The van der Waals surface area contributed by atoms with E-state index in [4.69, 9.17) is 4.74 Å². The van der Waals surface area contributed by atoms with Crippen molar-refractivity contribution in [2.24, 2.45) is 0 Å². The summed E-state index contributed by atoms with van der Waals surface area (Å²) in [5.41, 5.74) is 0. The molecule has 0 rings (SSSR count). The molecular weight excluding hydrogens is 260 g/mol. The lowest BCUT2D eigenvalue weighted by Gasteiger charge is -2.18. The van der Waals surface area contributed by atoms with Gasteiger partial charge in [0, 0.05) is 6.42 Å². The van der Waals surface area contributed by atoms with E-state index >= 15 is 0 Å². The molecule has 0 aromatic rings. The number of carbonyl (C=O) groups is 1. The van der Waals surface area contributed by atoms with Crippen LogP contribution in [-0.4, -0.2) is 12.1 Å². The zero-order valence-electron chi connectivity index (χ0n) is 14.8. The van der Waals surface area contributed by atoms with Crippen molar-refractivity contribution in [1.82, 2.24) is 0 Å². The molecule has 0 aromatic heterocycles. The third kappa shape index (κ3) is 14.2. The molecule has 0 spiro atoms. The molecule has 0 aliphatic heterocycles. The second-order valence-corrected chi connectivity index (χ2v) is 6.27. The van der Waals surface area contributed by atoms with Gasteiger partial charge in [-0.3, -0.25) is 4.79 Å². The second-order valence-electron chi connectivity index (χ2n) is 6.27. The fourth-order valence-corrected chi connectivity index (χ4v) is 2.62. The SMILES string of the molecule is CCCCCCCC(CCCCC)OC(=O)CCCCC. The number of hydrogen-bond donors (Lipinski definition) is 0. The first-order valence-corrected chi connectivity index (χ1v) is 9.44. The minimum atomic E-state index is 0.0264. The van der Waals surface area contributed by atoms with Gasteiger partial charge in [-0.05, 0) is 32.1 Å². The first-order valence-electron chi connectivity index (χ1n) is 9.44. The fraction of sp³-hybridized carbons (Fsp3) is 0.947. The van der Waals surface area contributed by atoms with Crippen LogP contribution in [0.4, 0.5) is 0 Å². The van der Waals surface area contributed by atoms with Gasteiger partial charge in [-0.2, -0.15) is 0 Å². The summed E-state index contributed by atoms with van der Waals surface area (Å²) >= 11 is 0. The lowest BCUT2D eigenvalue weighted by atomic mass is 10.0. The Bertz CT molecular complexity index is 226. The topological polar surface area (TPSA) is 26.3 Å². The summed E-state index contributed by atoms with van der Waals surface area (Å²) in [4.78, 5) is 11.9. The number of unbranched alkanes of at least 4 members (excludes halogenated alkanes) is 8. The Balaban J connectivity index is 3.91. The molecule has 1 unspecified atom stereocenters. The molecule has 0 aliphatic carbocycles. The Hall–Kier alpha value is -0.530. The lowest BCUT2D eigenvalue weighted by molar-refractivity contribution is -0.150. The summed E-state index contributed by atoms with van der Waals surface area (Å²) in [6.07, 6.45) is 16.3. The lowest BCUT2D eigenvalue weighted by Crippen LogP contribution is -2.18. The highest BCUT2D eigenvalue weighted by atomic mass is 16.5. The van der Waals surface area contributed by atoms with Gasteiger partial charge in [-0.1, -0.05) is 72.1 Å². The van der Waals surface area contributed by atoms with Crippen LogP contribution in [0.3, 0.4) is 0 Å². The van der Waals surface area contributed by atoms with E-state index in [0.717, 1.165) is 32.1 Å². The van der Waals surface area contributed by atoms with E-state index in [1.165, 1.54) is 51.4 Å². The van der Waals surface area contributed by atoms with Crippen LogP contribution >= 0.6 is 0 Å². The zero-order valence-corrected chi connectivity index (χ0v) is 14.8. The minimum Gasteiger partial charge on any atom is -0.462 e. The van der Waals surface area contributed by atoms with E-state index in [0.29, 0.717) is 6.42 Å². The van der Waals surface area contributed by atoms with Crippen molar-refractivity contribution >= 4 is 5.97 Å². The highest BCUT2D eigenvalue weighted by Gasteiger charge is 2.13. The zero-order chi connectivity index (χ0) is 15.8. The highest BCUT2D eigenvalue weighted by molar-refractivity contribution is 5.69. The molecule has 2 nitrogen and oxygen atoms in total. The summed E-state index contributed by atoms with van der Waals surface area (Å²) in [5.74, 6) is 0.0264. The molecule has 0 aliphatic rings. The molecule has 0 bridgehead atoms. The average molecular weight is 299 g/mol. The number of carbonyl (C=O) groups excluding carboxylic acids is 1. The number of rotatable bonds is 15. The van der Waals surface area contributed by atoms with Crippen molar-refractivity contribution in [3.8, 4) is 0 Å². The molecule has 2 heteroatoms. The molecule has 0 heterocycles. The van der Waals surface area contributed by atoms with Crippen molar-refractivity contribution in [3.63, 3.8) is 0 Å². The maximum atomic E-state index is 11.9. The van der Waals surface area contributed by atoms with Crippen molar-refractivity contribution in [3.05, 3.63) is 0 Å². The van der Waals surface area contributed by atoms with Gasteiger partial charge < -0.3 is 4.74 Å². The summed E-state index contributed by atoms with van der Waals surface area (Å²) < 4.78 is 5.71. The monoisotopic (exact) mass is 298 g/mol. The predicted octanol–water partition coefficient (Wildman–Crippen LogP) is 6.42. The first-order chi connectivity index (χ1) is 10.2. The summed E-state index contributed by atoms with van der Waals surface area (Å²) in [7, 11) is 0. The van der Waals surface area contributed by atoms with Crippen molar-refractivity contribution in [2.75, 3.05) is 0 Å². The average Bonchev–Trinajstić information content (AvgIpc) is 2.47. The maximum absolute atomic E-state index is 11.9. The second kappa shape index (κ2) is 15.9. The van der Waals surface area contributed by atoms with Crippen LogP contribution in [0.5, 0.6) is 0 Å².